The van der Waals surface area contributed by atoms with E-state index in [1.165, 1.54) is 18.2 Å². The van der Waals surface area contributed by atoms with E-state index in [1.807, 2.05) is 12.1 Å². The van der Waals surface area contributed by atoms with Crippen molar-refractivity contribution < 1.29 is 9.53 Å². The number of carbonyl (C=O) groups excluding carboxylic acids is 1. The summed E-state index contributed by atoms with van der Waals surface area (Å²) in [6, 6.07) is 6.19. The van der Waals surface area contributed by atoms with Crippen molar-refractivity contribution in [1.29, 1.82) is 0 Å². The smallest absolute Gasteiger partial charge is 0.316 e. The van der Waals surface area contributed by atoms with Crippen LogP contribution in [0.5, 0.6) is 0 Å². The van der Waals surface area contributed by atoms with Gasteiger partial charge in [-0.25, -0.2) is 0 Å². The summed E-state index contributed by atoms with van der Waals surface area (Å²) in [6.45, 7) is 7.93. The molecule has 0 radical (unpaired) electrons. The van der Waals surface area contributed by atoms with Crippen molar-refractivity contribution in [2.45, 2.75) is 25.7 Å². The number of aryl methyl sites for hydroxylation is 2. The van der Waals surface area contributed by atoms with Crippen LogP contribution in [0.1, 0.15) is 23.1 Å². The molecule has 1 fully saturated rings. The first-order valence-electron chi connectivity index (χ1n) is 5.85. The first-order valence-corrected chi connectivity index (χ1v) is 5.85. The number of methoxy groups -OCH3 is 1. The number of rotatable bonds is 3. The van der Waals surface area contributed by atoms with Crippen LogP contribution in [0.2, 0.25) is 0 Å². The molecule has 2 rings (SSSR count). The van der Waals surface area contributed by atoms with Crippen molar-refractivity contribution in [1.82, 2.24) is 0 Å². The number of hydrogen-bond acceptors (Lipinski definition) is 2. The Morgan fingerprint density at radius 1 is 1.47 bits per heavy atom. The largest absolute Gasteiger partial charge is 0.468 e. The van der Waals surface area contributed by atoms with Crippen molar-refractivity contribution in [3.63, 3.8) is 0 Å². The Hall–Kier alpha value is -1.57. The first kappa shape index (κ1) is 11.9. The second-order valence-corrected chi connectivity index (χ2v) is 4.81. The number of esters is 1. The lowest BCUT2D eigenvalue weighted by Gasteiger charge is -2.16. The lowest BCUT2D eigenvalue weighted by Crippen LogP contribution is -2.24. The zero-order valence-electron chi connectivity index (χ0n) is 10.6. The van der Waals surface area contributed by atoms with Crippen LogP contribution in [0.3, 0.4) is 0 Å². The van der Waals surface area contributed by atoms with E-state index in [1.54, 1.807) is 0 Å². The standard InChI is InChI=1S/C15H18O2/c1-5-12-9-15(12,14(16)17-4)13-7-6-10(2)11(3)8-13/h5-8,12H,1,9H2,2-4H3/t12-,15+/m1/s1. The van der Waals surface area contributed by atoms with E-state index >= 15 is 0 Å². The molecule has 0 aromatic heterocycles. The van der Waals surface area contributed by atoms with Crippen LogP contribution >= 0.6 is 0 Å². The van der Waals surface area contributed by atoms with Gasteiger partial charge in [-0.2, -0.15) is 0 Å². The Labute approximate surface area is 102 Å². The van der Waals surface area contributed by atoms with Crippen molar-refractivity contribution in [3.8, 4) is 0 Å². The SMILES string of the molecule is C=C[C@@H]1C[C@@]1(C(=O)OC)c1ccc(C)c(C)c1. The summed E-state index contributed by atoms with van der Waals surface area (Å²) in [6.07, 6.45) is 2.66. The molecule has 2 nitrogen and oxygen atoms in total. The maximum Gasteiger partial charge on any atom is 0.316 e. The molecule has 0 bridgehead atoms. The molecule has 0 heterocycles. The highest BCUT2D eigenvalue weighted by Gasteiger charge is 2.60. The van der Waals surface area contributed by atoms with Gasteiger partial charge in [0.1, 0.15) is 0 Å². The zero-order valence-corrected chi connectivity index (χ0v) is 10.6. The fraction of sp³-hybridized carbons (Fsp3) is 0.400. The molecule has 0 spiro atoms. The van der Waals surface area contributed by atoms with Crippen LogP contribution in [-0.4, -0.2) is 13.1 Å². The third kappa shape index (κ3) is 1.68. The molecular formula is C15H18O2. The Morgan fingerprint density at radius 3 is 2.65 bits per heavy atom. The molecular weight excluding hydrogens is 212 g/mol. The van der Waals surface area contributed by atoms with Gasteiger partial charge < -0.3 is 4.74 Å². The average Bonchev–Trinajstić information content (AvgIpc) is 3.07. The molecule has 0 aliphatic heterocycles. The fourth-order valence-electron chi connectivity index (χ4n) is 2.46. The van der Waals surface area contributed by atoms with E-state index in [-0.39, 0.29) is 11.9 Å². The Bertz CT molecular complexity index is 476. The lowest BCUT2D eigenvalue weighted by atomic mass is 9.90. The average molecular weight is 230 g/mol. The molecule has 90 valence electrons. The normalized spacial score (nSPS) is 26.4. The van der Waals surface area contributed by atoms with Crippen molar-refractivity contribution >= 4 is 5.97 Å². The molecule has 0 N–H and O–H groups in total. The quantitative estimate of drug-likeness (QED) is 0.589. The number of hydrogen-bond donors (Lipinski definition) is 0. The summed E-state index contributed by atoms with van der Waals surface area (Å²) >= 11 is 0. The molecule has 1 aliphatic carbocycles. The molecule has 2 atom stereocenters. The van der Waals surface area contributed by atoms with E-state index in [0.29, 0.717) is 0 Å². The minimum absolute atomic E-state index is 0.148. The molecule has 1 saturated carbocycles. The van der Waals surface area contributed by atoms with E-state index in [0.717, 1.165) is 12.0 Å². The zero-order chi connectivity index (χ0) is 12.6. The summed E-state index contributed by atoms with van der Waals surface area (Å²) in [5.74, 6) is 0.0581. The topological polar surface area (TPSA) is 26.3 Å². The van der Waals surface area contributed by atoms with Gasteiger partial charge in [0.05, 0.1) is 12.5 Å². The number of ether oxygens (including phenoxy) is 1. The van der Waals surface area contributed by atoms with Crippen molar-refractivity contribution in [2.24, 2.45) is 5.92 Å². The van der Waals surface area contributed by atoms with Gasteiger partial charge in [0.2, 0.25) is 0 Å². The summed E-state index contributed by atoms with van der Waals surface area (Å²) in [4.78, 5) is 12.0. The minimum Gasteiger partial charge on any atom is -0.468 e. The number of carbonyl (C=O) groups is 1. The predicted octanol–water partition coefficient (Wildman–Crippen LogP) is 2.92. The second kappa shape index (κ2) is 4.02. The van der Waals surface area contributed by atoms with Crippen LogP contribution in [0.4, 0.5) is 0 Å². The maximum atomic E-state index is 12.0. The van der Waals surface area contributed by atoms with Gasteiger partial charge in [-0.3, -0.25) is 4.79 Å². The third-order valence-electron chi connectivity index (χ3n) is 3.87. The molecule has 2 heteroatoms. The fourth-order valence-corrected chi connectivity index (χ4v) is 2.46. The maximum absolute atomic E-state index is 12.0. The van der Waals surface area contributed by atoms with Gasteiger partial charge in [0.25, 0.3) is 0 Å². The van der Waals surface area contributed by atoms with Crippen molar-refractivity contribution in [2.75, 3.05) is 7.11 Å². The molecule has 1 aromatic rings. The van der Waals surface area contributed by atoms with Gasteiger partial charge >= 0.3 is 5.97 Å². The third-order valence-corrected chi connectivity index (χ3v) is 3.87. The Balaban J connectivity index is 2.45. The lowest BCUT2D eigenvalue weighted by molar-refractivity contribution is -0.144. The monoisotopic (exact) mass is 230 g/mol. The second-order valence-electron chi connectivity index (χ2n) is 4.81. The summed E-state index contributed by atoms with van der Waals surface area (Å²) < 4.78 is 4.95. The van der Waals surface area contributed by atoms with Gasteiger partial charge in [0, 0.05) is 0 Å². The van der Waals surface area contributed by atoms with Crippen LogP contribution in [0.25, 0.3) is 0 Å². The molecule has 1 aliphatic rings. The summed E-state index contributed by atoms with van der Waals surface area (Å²) in [5.41, 5.74) is 3.03. The van der Waals surface area contributed by atoms with E-state index < -0.39 is 5.41 Å². The molecule has 17 heavy (non-hydrogen) atoms. The highest BCUT2D eigenvalue weighted by atomic mass is 16.5. The van der Waals surface area contributed by atoms with E-state index in [2.05, 4.69) is 32.6 Å². The van der Waals surface area contributed by atoms with E-state index in [4.69, 9.17) is 4.74 Å². The highest BCUT2D eigenvalue weighted by molar-refractivity contribution is 5.88. The predicted molar refractivity (Wildman–Crippen MR) is 67.9 cm³/mol. The molecule has 0 saturated heterocycles. The minimum atomic E-state index is -0.477. The van der Waals surface area contributed by atoms with E-state index in [9.17, 15) is 4.79 Å². The highest BCUT2D eigenvalue weighted by Crippen LogP contribution is 2.55. The first-order chi connectivity index (χ1) is 8.06. The summed E-state index contributed by atoms with van der Waals surface area (Å²) in [5, 5.41) is 0. The molecule has 1 aromatic carbocycles. The van der Waals surface area contributed by atoms with Crippen LogP contribution in [-0.2, 0) is 14.9 Å². The summed E-state index contributed by atoms with van der Waals surface area (Å²) in [7, 11) is 1.45. The molecule has 0 unspecified atom stereocenters. The van der Waals surface area contributed by atoms with Crippen LogP contribution in [0, 0.1) is 19.8 Å². The van der Waals surface area contributed by atoms with Gasteiger partial charge in [-0.05, 0) is 42.9 Å². The van der Waals surface area contributed by atoms with Crippen molar-refractivity contribution in [3.05, 3.63) is 47.5 Å². The Kier molecular flexibility index (Phi) is 2.82. The number of allylic oxidation sites excluding steroid dienone is 1. The van der Waals surface area contributed by atoms with Crippen LogP contribution in [0.15, 0.2) is 30.9 Å². The molecule has 0 amide bonds. The van der Waals surface area contributed by atoms with Gasteiger partial charge in [-0.1, -0.05) is 24.3 Å². The van der Waals surface area contributed by atoms with Crippen LogP contribution < -0.4 is 0 Å². The van der Waals surface area contributed by atoms with Gasteiger partial charge in [-0.15, -0.1) is 6.58 Å². The number of benzene rings is 1. The van der Waals surface area contributed by atoms with Gasteiger partial charge in [0.15, 0.2) is 0 Å². The Morgan fingerprint density at radius 2 is 2.18 bits per heavy atom.